The van der Waals surface area contributed by atoms with E-state index in [9.17, 15) is 23.1 Å². The first-order chi connectivity index (χ1) is 15.8. The summed E-state index contributed by atoms with van der Waals surface area (Å²) < 4.78 is 28.0. The van der Waals surface area contributed by atoms with Crippen LogP contribution in [-0.4, -0.2) is 50.3 Å². The SMILES string of the molecule is COC(=O)c1cccc(NC(=S)NNC(=O)CSCC(=O)Nc2ccc(NS(=O)[O-])cc2)c1. The Morgan fingerprint density at radius 1 is 0.970 bits per heavy atom. The molecule has 0 aliphatic rings. The number of carbonyl (C=O) groups is 3. The third kappa shape index (κ3) is 9.86. The maximum absolute atomic E-state index is 12.0. The highest BCUT2D eigenvalue weighted by Gasteiger charge is 2.08. The van der Waals surface area contributed by atoms with Crippen molar-refractivity contribution in [3.05, 3.63) is 54.1 Å². The zero-order chi connectivity index (χ0) is 24.2. The number of thioether (sulfide) groups is 1. The second-order valence-corrected chi connectivity index (χ2v) is 8.22. The molecule has 0 bridgehead atoms. The van der Waals surface area contributed by atoms with Crippen LogP contribution in [0.15, 0.2) is 48.5 Å². The maximum Gasteiger partial charge on any atom is 0.337 e. The number of benzene rings is 2. The number of nitrogens with one attached hydrogen (secondary N) is 5. The lowest BCUT2D eigenvalue weighted by Gasteiger charge is -2.12. The molecule has 0 saturated heterocycles. The van der Waals surface area contributed by atoms with Gasteiger partial charge in [-0.05, 0) is 54.7 Å². The molecule has 2 amide bonds. The summed E-state index contributed by atoms with van der Waals surface area (Å²) in [6.45, 7) is 0. The summed E-state index contributed by atoms with van der Waals surface area (Å²) in [6, 6.07) is 12.6. The molecule has 176 valence electrons. The molecular formula is C19H20N5O6S3-. The molecular weight excluding hydrogens is 490 g/mol. The lowest BCUT2D eigenvalue weighted by molar-refractivity contribution is -0.119. The molecule has 0 aliphatic heterocycles. The van der Waals surface area contributed by atoms with E-state index in [1.54, 1.807) is 36.4 Å². The summed E-state index contributed by atoms with van der Waals surface area (Å²) >= 11 is 3.75. The fourth-order valence-corrected chi connectivity index (χ4v) is 3.43. The van der Waals surface area contributed by atoms with Crippen molar-refractivity contribution in [2.45, 2.75) is 0 Å². The average Bonchev–Trinajstić information content (AvgIpc) is 2.78. The number of thiocarbonyl (C=S) groups is 1. The number of amides is 2. The van der Waals surface area contributed by atoms with Crippen molar-refractivity contribution in [3.8, 4) is 0 Å². The van der Waals surface area contributed by atoms with Gasteiger partial charge in [0.1, 0.15) is 0 Å². The van der Waals surface area contributed by atoms with Crippen LogP contribution in [0, 0.1) is 0 Å². The van der Waals surface area contributed by atoms with Crippen molar-refractivity contribution in [1.29, 1.82) is 0 Å². The van der Waals surface area contributed by atoms with Gasteiger partial charge in [-0.1, -0.05) is 6.07 Å². The molecule has 0 aromatic heterocycles. The van der Waals surface area contributed by atoms with E-state index in [1.165, 1.54) is 19.2 Å². The first kappa shape index (κ1) is 26.1. The third-order valence-corrected chi connectivity index (χ3v) is 5.23. The Morgan fingerprint density at radius 2 is 1.64 bits per heavy atom. The van der Waals surface area contributed by atoms with Gasteiger partial charge in [0.15, 0.2) is 5.11 Å². The van der Waals surface area contributed by atoms with Crippen molar-refractivity contribution in [2.75, 3.05) is 34.0 Å². The summed E-state index contributed by atoms with van der Waals surface area (Å²) in [4.78, 5) is 35.4. The molecule has 0 aliphatic carbocycles. The molecule has 0 saturated carbocycles. The molecule has 0 spiro atoms. The predicted octanol–water partition coefficient (Wildman–Crippen LogP) is 1.37. The van der Waals surface area contributed by atoms with Gasteiger partial charge in [-0.3, -0.25) is 24.6 Å². The van der Waals surface area contributed by atoms with E-state index in [-0.39, 0.29) is 22.5 Å². The van der Waals surface area contributed by atoms with Crippen LogP contribution in [0.25, 0.3) is 0 Å². The van der Waals surface area contributed by atoms with Crippen LogP contribution in [0.4, 0.5) is 17.1 Å². The van der Waals surface area contributed by atoms with Gasteiger partial charge in [-0.2, -0.15) is 0 Å². The standard InChI is InChI=1S/C19H21N5O6S3/c1-30-18(27)12-3-2-4-15(9-12)21-19(31)23-22-17(26)11-32-10-16(25)20-13-5-7-14(8-6-13)24-33(28)29/h2-9,24H,10-11H2,1H3,(H,20,25)(H,22,26)(H,28,29)(H2,21,23,31)/p-1. The molecule has 0 radical (unpaired) electrons. The van der Waals surface area contributed by atoms with Crippen molar-refractivity contribution in [3.63, 3.8) is 0 Å². The number of ether oxygens (including phenoxy) is 1. The fraction of sp³-hybridized carbons (Fsp3) is 0.158. The first-order valence-electron chi connectivity index (χ1n) is 9.14. The Bertz CT molecular complexity index is 1030. The zero-order valence-corrected chi connectivity index (χ0v) is 19.7. The highest BCUT2D eigenvalue weighted by atomic mass is 32.2. The second kappa shape index (κ2) is 13.4. The van der Waals surface area contributed by atoms with Gasteiger partial charge in [0, 0.05) is 28.3 Å². The van der Waals surface area contributed by atoms with Gasteiger partial charge in [-0.25, -0.2) is 4.79 Å². The summed E-state index contributed by atoms with van der Waals surface area (Å²) in [6.07, 6.45) is 0. The van der Waals surface area contributed by atoms with Crippen LogP contribution >= 0.6 is 24.0 Å². The van der Waals surface area contributed by atoms with E-state index in [4.69, 9.17) is 12.2 Å². The average molecular weight is 511 g/mol. The monoisotopic (exact) mass is 510 g/mol. The number of methoxy groups -OCH3 is 1. The fourth-order valence-electron chi connectivity index (χ4n) is 2.32. The van der Waals surface area contributed by atoms with Gasteiger partial charge in [0.25, 0.3) is 0 Å². The molecule has 2 rings (SSSR count). The smallest absolute Gasteiger partial charge is 0.337 e. The molecule has 1 atom stereocenters. The van der Waals surface area contributed by atoms with Crippen molar-refractivity contribution in [2.24, 2.45) is 0 Å². The van der Waals surface area contributed by atoms with Gasteiger partial charge in [-0.15, -0.1) is 11.8 Å². The minimum Gasteiger partial charge on any atom is -0.755 e. The molecule has 33 heavy (non-hydrogen) atoms. The number of rotatable bonds is 9. The highest BCUT2D eigenvalue weighted by Crippen LogP contribution is 2.14. The number of esters is 1. The van der Waals surface area contributed by atoms with Gasteiger partial charge in [0.05, 0.1) is 24.2 Å². The maximum atomic E-state index is 12.0. The Kier molecular flexibility index (Phi) is 10.6. The number of hydrazine groups is 1. The first-order valence-corrected chi connectivity index (χ1v) is 11.8. The topological polar surface area (TPSA) is 161 Å². The van der Waals surface area contributed by atoms with E-state index in [0.29, 0.717) is 22.6 Å². The predicted molar refractivity (Wildman–Crippen MR) is 130 cm³/mol. The van der Waals surface area contributed by atoms with E-state index < -0.39 is 23.1 Å². The number of carbonyl (C=O) groups excluding carboxylic acids is 3. The van der Waals surface area contributed by atoms with E-state index in [1.807, 2.05) is 0 Å². The largest absolute Gasteiger partial charge is 0.755 e. The Balaban J connectivity index is 1.66. The molecule has 2 aromatic carbocycles. The summed E-state index contributed by atoms with van der Waals surface area (Å²) in [5, 5.41) is 5.56. The van der Waals surface area contributed by atoms with Gasteiger partial charge >= 0.3 is 5.97 Å². The quantitative estimate of drug-likeness (QED) is 0.144. The molecule has 11 nitrogen and oxygen atoms in total. The second-order valence-electron chi connectivity index (χ2n) is 6.15. The van der Waals surface area contributed by atoms with Crippen LogP contribution in [0.3, 0.4) is 0 Å². The normalized spacial score (nSPS) is 11.0. The number of hydrogen-bond donors (Lipinski definition) is 5. The number of hydrogen-bond acceptors (Lipinski definition) is 8. The van der Waals surface area contributed by atoms with Crippen molar-refractivity contribution >= 4 is 75.2 Å². The summed E-state index contributed by atoms with van der Waals surface area (Å²) in [5.74, 6) is -1.18. The lowest BCUT2D eigenvalue weighted by Crippen LogP contribution is -2.44. The molecule has 14 heteroatoms. The molecule has 5 N–H and O–H groups in total. The zero-order valence-electron chi connectivity index (χ0n) is 17.2. The molecule has 2 aromatic rings. The van der Waals surface area contributed by atoms with Crippen LogP contribution in [0.1, 0.15) is 10.4 Å². The Morgan fingerprint density at radius 3 is 2.30 bits per heavy atom. The van der Waals surface area contributed by atoms with Crippen LogP contribution in [0.2, 0.25) is 0 Å². The van der Waals surface area contributed by atoms with E-state index >= 15 is 0 Å². The molecule has 0 heterocycles. The van der Waals surface area contributed by atoms with Crippen molar-refractivity contribution < 1.29 is 27.9 Å². The minimum absolute atomic E-state index is 0.000961. The number of anilines is 3. The van der Waals surface area contributed by atoms with Crippen LogP contribution < -0.4 is 26.2 Å². The summed E-state index contributed by atoms with van der Waals surface area (Å²) in [7, 11) is 1.28. The van der Waals surface area contributed by atoms with Crippen LogP contribution in [0.5, 0.6) is 0 Å². The Hall–Kier alpha value is -3.20. The minimum atomic E-state index is -2.42. The highest BCUT2D eigenvalue weighted by molar-refractivity contribution is 8.00. The lowest BCUT2D eigenvalue weighted by atomic mass is 10.2. The van der Waals surface area contributed by atoms with Crippen molar-refractivity contribution in [1.82, 2.24) is 10.9 Å². The molecule has 0 fully saturated rings. The van der Waals surface area contributed by atoms with E-state index in [2.05, 4.69) is 30.9 Å². The molecule has 1 unspecified atom stereocenters. The summed E-state index contributed by atoms with van der Waals surface area (Å²) in [5.41, 5.74) is 6.66. The Labute approximate surface area is 201 Å². The van der Waals surface area contributed by atoms with Crippen LogP contribution in [-0.2, 0) is 25.6 Å². The van der Waals surface area contributed by atoms with Gasteiger partial charge in [0.2, 0.25) is 11.8 Å². The third-order valence-electron chi connectivity index (χ3n) is 3.69. The van der Waals surface area contributed by atoms with Gasteiger partial charge < -0.3 is 24.6 Å². The van der Waals surface area contributed by atoms with E-state index in [0.717, 1.165) is 11.8 Å².